The molecule has 0 aromatic rings. The van der Waals surface area contributed by atoms with Gasteiger partial charge in [-0.05, 0) is 20.8 Å². The van der Waals surface area contributed by atoms with Crippen LogP contribution in [-0.2, 0) is 4.74 Å². The van der Waals surface area contributed by atoms with Crippen molar-refractivity contribution in [3.63, 3.8) is 0 Å². The fourth-order valence-electron chi connectivity index (χ4n) is 1.53. The van der Waals surface area contributed by atoms with Crippen molar-refractivity contribution < 1.29 is 28.5 Å². The Balaban J connectivity index is 2.82. The lowest BCUT2D eigenvalue weighted by Crippen LogP contribution is -2.38. The minimum atomic E-state index is -3.18. The summed E-state index contributed by atoms with van der Waals surface area (Å²) in [5.41, 5.74) is -0.956. The highest BCUT2D eigenvalue weighted by Crippen LogP contribution is 2.32. The molecule has 1 amide bonds. The number of ether oxygens (including phenoxy) is 1. The van der Waals surface area contributed by atoms with Crippen LogP contribution in [0.4, 0.5) is 13.6 Å². The number of rotatable bonds is 2. The van der Waals surface area contributed by atoms with Crippen LogP contribution >= 0.6 is 0 Å². The Morgan fingerprint density at radius 3 is 2.56 bits per heavy atom. The number of carbonyl (C=O) groups excluding carboxylic acids is 1. The molecule has 0 unspecified atom stereocenters. The van der Waals surface area contributed by atoms with E-state index in [1.54, 1.807) is 20.8 Å². The fourth-order valence-corrected chi connectivity index (χ4v) is 1.53. The number of aliphatic hydroxyl groups is 2. The summed E-state index contributed by atoms with van der Waals surface area (Å²) < 4.78 is 31.4. The van der Waals surface area contributed by atoms with Crippen molar-refractivity contribution in [3.05, 3.63) is 11.8 Å². The summed E-state index contributed by atoms with van der Waals surface area (Å²) in [5, 5.41) is 17.6. The standard InChI is InChI=1S/C11H17F2NO4/c1-10(2,3)18-9(17)14-6-11(12,13)5-7(14)4-8(15)16/h5,8,15-16H,4,6H2,1-3H3. The van der Waals surface area contributed by atoms with Crippen molar-refractivity contribution in [2.45, 2.75) is 45.0 Å². The van der Waals surface area contributed by atoms with E-state index in [-0.39, 0.29) is 5.70 Å². The molecule has 0 fully saturated rings. The lowest BCUT2D eigenvalue weighted by molar-refractivity contribution is -0.0431. The van der Waals surface area contributed by atoms with Gasteiger partial charge in [0.25, 0.3) is 5.92 Å². The van der Waals surface area contributed by atoms with Crippen LogP contribution in [-0.4, -0.2) is 45.6 Å². The van der Waals surface area contributed by atoms with Crippen LogP contribution in [0, 0.1) is 0 Å². The number of aliphatic hydroxyl groups excluding tert-OH is 1. The average molecular weight is 265 g/mol. The highest BCUT2D eigenvalue weighted by molar-refractivity contribution is 5.71. The van der Waals surface area contributed by atoms with Crippen molar-refractivity contribution in [1.29, 1.82) is 0 Å². The average Bonchev–Trinajstić information content (AvgIpc) is 2.36. The molecule has 1 heterocycles. The fraction of sp³-hybridized carbons (Fsp3) is 0.727. The third-order valence-electron chi connectivity index (χ3n) is 2.10. The smallest absolute Gasteiger partial charge is 0.414 e. The molecule has 0 atom stereocenters. The number of alkyl halides is 2. The molecule has 1 aliphatic rings. The maximum absolute atomic E-state index is 13.2. The van der Waals surface area contributed by atoms with E-state index < -0.39 is 36.9 Å². The summed E-state index contributed by atoms with van der Waals surface area (Å²) in [6, 6.07) is 0. The first-order chi connectivity index (χ1) is 8.00. The van der Waals surface area contributed by atoms with E-state index in [0.717, 1.165) is 4.90 Å². The lowest BCUT2D eigenvalue weighted by atomic mass is 10.2. The molecule has 5 nitrogen and oxygen atoms in total. The van der Waals surface area contributed by atoms with E-state index >= 15 is 0 Å². The number of halogens is 2. The Labute approximate surface area is 104 Å². The van der Waals surface area contributed by atoms with Crippen molar-refractivity contribution in [2.24, 2.45) is 0 Å². The zero-order valence-corrected chi connectivity index (χ0v) is 10.5. The molecular weight excluding hydrogens is 248 g/mol. The molecule has 0 aliphatic carbocycles. The van der Waals surface area contributed by atoms with Crippen LogP contribution < -0.4 is 0 Å². The Bertz CT molecular complexity index is 361. The number of nitrogens with zero attached hydrogens (tertiary/aromatic N) is 1. The van der Waals surface area contributed by atoms with E-state index in [2.05, 4.69) is 0 Å². The maximum atomic E-state index is 13.2. The van der Waals surface area contributed by atoms with Crippen LogP contribution in [0.25, 0.3) is 0 Å². The third kappa shape index (κ3) is 4.23. The van der Waals surface area contributed by atoms with Gasteiger partial charge in [0.1, 0.15) is 5.60 Å². The number of carbonyl (C=O) groups is 1. The zero-order valence-electron chi connectivity index (χ0n) is 10.5. The second-order valence-corrected chi connectivity index (χ2v) is 5.15. The number of amides is 1. The molecule has 104 valence electrons. The molecule has 0 spiro atoms. The van der Waals surface area contributed by atoms with E-state index in [9.17, 15) is 13.6 Å². The highest BCUT2D eigenvalue weighted by Gasteiger charge is 2.42. The van der Waals surface area contributed by atoms with Crippen molar-refractivity contribution in [3.8, 4) is 0 Å². The van der Waals surface area contributed by atoms with E-state index in [1.807, 2.05) is 0 Å². The third-order valence-corrected chi connectivity index (χ3v) is 2.10. The number of hydrogen-bond acceptors (Lipinski definition) is 4. The second kappa shape index (κ2) is 4.81. The Morgan fingerprint density at radius 1 is 1.56 bits per heavy atom. The summed E-state index contributed by atoms with van der Waals surface area (Å²) in [5.74, 6) is -3.18. The second-order valence-electron chi connectivity index (χ2n) is 5.15. The van der Waals surface area contributed by atoms with Crippen LogP contribution in [0.15, 0.2) is 11.8 Å². The van der Waals surface area contributed by atoms with Gasteiger partial charge in [0, 0.05) is 18.2 Å². The quantitative estimate of drug-likeness (QED) is 0.741. The molecule has 0 bridgehead atoms. The zero-order chi connectivity index (χ0) is 14.1. The maximum Gasteiger partial charge on any atom is 0.414 e. The summed E-state index contributed by atoms with van der Waals surface area (Å²) in [4.78, 5) is 12.4. The van der Waals surface area contributed by atoms with E-state index in [0.29, 0.717) is 6.08 Å². The molecule has 1 rings (SSSR count). The van der Waals surface area contributed by atoms with Gasteiger partial charge < -0.3 is 14.9 Å². The normalized spacial score (nSPS) is 19.1. The highest BCUT2D eigenvalue weighted by atomic mass is 19.3. The first kappa shape index (κ1) is 14.8. The molecule has 7 heteroatoms. The summed E-state index contributed by atoms with van der Waals surface area (Å²) >= 11 is 0. The predicted octanol–water partition coefficient (Wildman–Crippen LogP) is 1.46. The van der Waals surface area contributed by atoms with Gasteiger partial charge in [-0.25, -0.2) is 4.79 Å². The minimum absolute atomic E-state index is 0.149. The summed E-state index contributed by atoms with van der Waals surface area (Å²) in [6.45, 7) is 4.00. The van der Waals surface area contributed by atoms with E-state index in [1.165, 1.54) is 0 Å². The molecule has 1 aliphatic heterocycles. The molecule has 0 saturated heterocycles. The minimum Gasteiger partial charge on any atom is -0.443 e. The van der Waals surface area contributed by atoms with Gasteiger partial charge in [0.2, 0.25) is 0 Å². The Kier molecular flexibility index (Phi) is 3.97. The van der Waals surface area contributed by atoms with Gasteiger partial charge in [0.05, 0.1) is 6.54 Å². The predicted molar refractivity (Wildman–Crippen MR) is 58.8 cm³/mol. The molecule has 0 radical (unpaired) electrons. The largest absolute Gasteiger partial charge is 0.443 e. The van der Waals surface area contributed by atoms with Crippen LogP contribution in [0.2, 0.25) is 0 Å². The summed E-state index contributed by atoms with van der Waals surface area (Å²) in [7, 11) is 0. The Hall–Kier alpha value is -1.21. The van der Waals surface area contributed by atoms with Gasteiger partial charge in [-0.15, -0.1) is 0 Å². The number of hydrogen-bond donors (Lipinski definition) is 2. The first-order valence-corrected chi connectivity index (χ1v) is 5.46. The van der Waals surface area contributed by atoms with Gasteiger partial charge in [-0.3, -0.25) is 4.90 Å². The van der Waals surface area contributed by atoms with Gasteiger partial charge in [-0.2, -0.15) is 8.78 Å². The SMILES string of the molecule is CC(C)(C)OC(=O)N1CC(F)(F)C=C1CC(O)O. The van der Waals surface area contributed by atoms with Crippen LogP contribution in [0.3, 0.4) is 0 Å². The monoisotopic (exact) mass is 265 g/mol. The van der Waals surface area contributed by atoms with Crippen LogP contribution in [0.1, 0.15) is 27.2 Å². The van der Waals surface area contributed by atoms with Gasteiger partial charge in [0.15, 0.2) is 6.29 Å². The molecule has 18 heavy (non-hydrogen) atoms. The van der Waals surface area contributed by atoms with Crippen molar-refractivity contribution >= 4 is 6.09 Å². The molecule has 0 aromatic heterocycles. The molecule has 2 N–H and O–H groups in total. The first-order valence-electron chi connectivity index (χ1n) is 5.46. The van der Waals surface area contributed by atoms with Gasteiger partial charge in [-0.1, -0.05) is 0 Å². The molecule has 0 saturated carbocycles. The lowest BCUT2D eigenvalue weighted by Gasteiger charge is -2.26. The Morgan fingerprint density at radius 2 is 2.11 bits per heavy atom. The molecule has 0 aromatic carbocycles. The topological polar surface area (TPSA) is 70.0 Å². The van der Waals surface area contributed by atoms with Crippen molar-refractivity contribution in [1.82, 2.24) is 4.90 Å². The molecular formula is C11H17F2NO4. The van der Waals surface area contributed by atoms with E-state index in [4.69, 9.17) is 14.9 Å². The van der Waals surface area contributed by atoms with Gasteiger partial charge >= 0.3 is 6.09 Å². The van der Waals surface area contributed by atoms with Crippen molar-refractivity contribution in [2.75, 3.05) is 6.54 Å². The van der Waals surface area contributed by atoms with Crippen LogP contribution in [0.5, 0.6) is 0 Å². The summed E-state index contributed by atoms with van der Waals surface area (Å²) in [6.07, 6.45) is -2.62.